The molecule has 8 heteroatoms. The lowest BCUT2D eigenvalue weighted by Gasteiger charge is -2.64. The summed E-state index contributed by atoms with van der Waals surface area (Å²) in [7, 11) is -1.56. The van der Waals surface area contributed by atoms with Crippen LogP contribution >= 0.6 is 0 Å². The zero-order valence-electron chi connectivity index (χ0n) is 22.7. The van der Waals surface area contributed by atoms with Gasteiger partial charge in [0.05, 0.1) is 23.3 Å². The van der Waals surface area contributed by atoms with E-state index in [1.807, 2.05) is 36.4 Å². The van der Waals surface area contributed by atoms with E-state index in [0.717, 1.165) is 48.2 Å². The third-order valence-electron chi connectivity index (χ3n) is 9.34. The Labute approximate surface area is 225 Å². The van der Waals surface area contributed by atoms with E-state index in [9.17, 15) is 13.2 Å². The predicted molar refractivity (Wildman–Crippen MR) is 146 cm³/mol. The Balaban J connectivity index is 1.38. The molecule has 2 bridgehead atoms. The maximum atomic E-state index is 13.7. The minimum Gasteiger partial charge on any atom is -0.487 e. The third kappa shape index (κ3) is 3.82. The molecular formula is C30H38N2O5S. The first-order valence-electron chi connectivity index (χ1n) is 13.8. The first-order chi connectivity index (χ1) is 18.1. The molecule has 204 valence electrons. The molecular weight excluding hydrogens is 500 g/mol. The van der Waals surface area contributed by atoms with Crippen molar-refractivity contribution in [3.63, 3.8) is 0 Å². The van der Waals surface area contributed by atoms with Crippen molar-refractivity contribution >= 4 is 16.0 Å². The first kappa shape index (κ1) is 25.8. The van der Waals surface area contributed by atoms with Gasteiger partial charge in [0, 0.05) is 12.5 Å². The Hall–Kier alpha value is -2.42. The molecule has 6 rings (SSSR count). The van der Waals surface area contributed by atoms with Crippen molar-refractivity contribution in [3.8, 4) is 5.75 Å². The SMILES string of the molecule is CC(=O)O[C@@]12CC[C@@H](NS(=O)(=O)Cc3ccccc3CC(C)C)[C@@H]3Oc4cccc5c4[C@@]31CCN(C)[C@@H]2C5. The molecule has 38 heavy (non-hydrogen) atoms. The summed E-state index contributed by atoms with van der Waals surface area (Å²) < 4.78 is 43.4. The zero-order valence-corrected chi connectivity index (χ0v) is 23.5. The third-order valence-corrected chi connectivity index (χ3v) is 10.7. The molecule has 5 atom stereocenters. The standard InChI is InChI=1S/C30H38N2O5S/c1-19(2)16-21-8-5-6-9-23(21)18-38(34,35)31-24-12-13-30(37-20(3)33)26-17-22-10-7-11-25-27(22)29(30,28(24)36-25)14-15-32(26)4/h5-11,19,24,26,28,31H,12-18H2,1-4H3/t24-,26-,28+,29+,30-/m1/s1. The number of hydrogen-bond acceptors (Lipinski definition) is 6. The summed E-state index contributed by atoms with van der Waals surface area (Å²) in [4.78, 5) is 14.9. The molecule has 1 saturated heterocycles. The van der Waals surface area contributed by atoms with Crippen LogP contribution in [0.3, 0.4) is 0 Å². The molecule has 4 aliphatic rings. The van der Waals surface area contributed by atoms with Crippen molar-refractivity contribution in [1.29, 1.82) is 0 Å². The van der Waals surface area contributed by atoms with Crippen molar-refractivity contribution in [1.82, 2.24) is 9.62 Å². The predicted octanol–water partition coefficient (Wildman–Crippen LogP) is 3.73. The van der Waals surface area contributed by atoms with E-state index in [1.165, 1.54) is 12.5 Å². The molecule has 1 N–H and O–H groups in total. The smallest absolute Gasteiger partial charge is 0.303 e. The van der Waals surface area contributed by atoms with Gasteiger partial charge in [0.1, 0.15) is 17.5 Å². The van der Waals surface area contributed by atoms with E-state index in [-0.39, 0.29) is 17.8 Å². The van der Waals surface area contributed by atoms with Crippen molar-refractivity contribution in [2.75, 3.05) is 13.6 Å². The van der Waals surface area contributed by atoms with Crippen molar-refractivity contribution < 1.29 is 22.7 Å². The molecule has 2 aromatic carbocycles. The molecule has 7 nitrogen and oxygen atoms in total. The summed E-state index contributed by atoms with van der Waals surface area (Å²) in [5.74, 6) is 0.879. The first-order valence-corrected chi connectivity index (χ1v) is 15.5. The van der Waals surface area contributed by atoms with Gasteiger partial charge in [-0.25, -0.2) is 13.1 Å². The maximum absolute atomic E-state index is 13.7. The summed E-state index contributed by atoms with van der Waals surface area (Å²) in [5, 5.41) is 0. The molecule has 2 aliphatic heterocycles. The average molecular weight is 539 g/mol. The van der Waals surface area contributed by atoms with Crippen LogP contribution in [-0.2, 0) is 43.6 Å². The molecule has 2 aliphatic carbocycles. The highest BCUT2D eigenvalue weighted by Gasteiger charge is 2.74. The molecule has 0 radical (unpaired) electrons. The quantitative estimate of drug-likeness (QED) is 0.541. The van der Waals surface area contributed by atoms with Crippen LogP contribution in [-0.4, -0.2) is 56.7 Å². The number of carbonyl (C=O) groups excluding carboxylic acids is 1. The number of esters is 1. The number of hydrogen-bond donors (Lipinski definition) is 1. The number of benzene rings is 2. The number of rotatable bonds is 7. The van der Waals surface area contributed by atoms with E-state index in [1.54, 1.807) is 0 Å². The molecule has 2 heterocycles. The highest BCUT2D eigenvalue weighted by molar-refractivity contribution is 7.88. The number of likely N-dealkylation sites (tertiary alicyclic amines) is 1. The fourth-order valence-corrected chi connectivity index (χ4v) is 9.57. The molecule has 0 aromatic heterocycles. The summed E-state index contributed by atoms with van der Waals surface area (Å²) in [6.45, 7) is 6.60. The normalized spacial score (nSPS) is 31.6. The number of likely N-dealkylation sites (N-methyl/N-ethyl adjacent to an activating group) is 1. The fraction of sp³-hybridized carbons (Fsp3) is 0.567. The minimum absolute atomic E-state index is 0.0209. The maximum Gasteiger partial charge on any atom is 0.303 e. The highest BCUT2D eigenvalue weighted by Crippen LogP contribution is 2.65. The highest BCUT2D eigenvalue weighted by atomic mass is 32.2. The van der Waals surface area contributed by atoms with Crippen LogP contribution in [0.15, 0.2) is 42.5 Å². The summed E-state index contributed by atoms with van der Waals surface area (Å²) in [6.07, 6.45) is 3.06. The number of nitrogens with one attached hydrogen (secondary N) is 1. The molecule has 1 saturated carbocycles. The van der Waals surface area contributed by atoms with Crippen LogP contribution in [0.5, 0.6) is 5.75 Å². The monoisotopic (exact) mass is 538 g/mol. The average Bonchev–Trinajstić information content (AvgIpc) is 3.18. The van der Waals surface area contributed by atoms with Gasteiger partial charge in [0.25, 0.3) is 0 Å². The van der Waals surface area contributed by atoms with Crippen molar-refractivity contribution in [2.24, 2.45) is 5.92 Å². The largest absolute Gasteiger partial charge is 0.487 e. The lowest BCUT2D eigenvalue weighted by molar-refractivity contribution is -0.215. The van der Waals surface area contributed by atoms with Crippen LogP contribution < -0.4 is 9.46 Å². The second-order valence-corrected chi connectivity index (χ2v) is 13.9. The van der Waals surface area contributed by atoms with E-state index in [2.05, 4.69) is 36.6 Å². The van der Waals surface area contributed by atoms with Crippen molar-refractivity contribution in [3.05, 3.63) is 64.7 Å². The van der Waals surface area contributed by atoms with Crippen LogP contribution in [0.25, 0.3) is 0 Å². The zero-order chi connectivity index (χ0) is 26.9. The second kappa shape index (κ2) is 9.07. The van der Waals surface area contributed by atoms with E-state index in [0.29, 0.717) is 18.8 Å². The molecule has 2 aromatic rings. The Morgan fingerprint density at radius 1 is 1.16 bits per heavy atom. The van der Waals surface area contributed by atoms with E-state index < -0.39 is 33.2 Å². The van der Waals surface area contributed by atoms with Crippen LogP contribution in [0.1, 0.15) is 62.3 Å². The number of nitrogens with zero attached hydrogens (tertiary/aromatic N) is 1. The van der Waals surface area contributed by atoms with Crippen LogP contribution in [0.4, 0.5) is 0 Å². The van der Waals surface area contributed by atoms with Crippen molar-refractivity contribution in [2.45, 2.75) is 87.8 Å². The topological polar surface area (TPSA) is 84.9 Å². The Morgan fingerprint density at radius 3 is 2.66 bits per heavy atom. The number of ether oxygens (including phenoxy) is 2. The minimum atomic E-state index is -3.66. The van der Waals surface area contributed by atoms with Crippen LogP contribution in [0, 0.1) is 5.92 Å². The summed E-state index contributed by atoms with van der Waals surface area (Å²) >= 11 is 0. The number of piperidine rings is 1. The summed E-state index contributed by atoms with van der Waals surface area (Å²) in [5.41, 5.74) is 2.93. The Bertz CT molecular complexity index is 1370. The lowest BCUT2D eigenvalue weighted by Crippen LogP contribution is -2.78. The van der Waals surface area contributed by atoms with Gasteiger partial charge in [-0.15, -0.1) is 0 Å². The van der Waals surface area contributed by atoms with Gasteiger partial charge >= 0.3 is 5.97 Å². The number of sulfonamides is 1. The van der Waals surface area contributed by atoms with Gasteiger partial charge in [-0.2, -0.15) is 0 Å². The van der Waals surface area contributed by atoms with Gasteiger partial charge < -0.3 is 9.47 Å². The summed E-state index contributed by atoms with van der Waals surface area (Å²) in [6, 6.07) is 13.6. The Morgan fingerprint density at radius 2 is 1.92 bits per heavy atom. The van der Waals surface area contributed by atoms with E-state index in [4.69, 9.17) is 9.47 Å². The van der Waals surface area contributed by atoms with Gasteiger partial charge in [-0.05, 0) is 74.4 Å². The molecule has 1 spiro atoms. The van der Waals surface area contributed by atoms with Gasteiger partial charge in [-0.1, -0.05) is 50.2 Å². The Kier molecular flexibility index (Phi) is 6.16. The molecule has 2 fully saturated rings. The van der Waals surface area contributed by atoms with Gasteiger partial charge in [-0.3, -0.25) is 9.69 Å². The fourth-order valence-electron chi connectivity index (χ4n) is 8.09. The van der Waals surface area contributed by atoms with E-state index >= 15 is 0 Å². The second-order valence-electron chi connectivity index (χ2n) is 12.1. The van der Waals surface area contributed by atoms with Crippen LogP contribution in [0.2, 0.25) is 0 Å². The van der Waals surface area contributed by atoms with Gasteiger partial charge in [0.2, 0.25) is 10.0 Å². The number of carbonyl (C=O) groups is 1. The molecule has 0 unspecified atom stereocenters. The molecule has 0 amide bonds. The lowest BCUT2D eigenvalue weighted by atomic mass is 9.48. The van der Waals surface area contributed by atoms with Gasteiger partial charge in [0.15, 0.2) is 0 Å².